The van der Waals surface area contributed by atoms with Gasteiger partial charge in [-0.2, -0.15) is 0 Å². The minimum absolute atomic E-state index is 0.0481. The molecular formula is C21H25NOS. The van der Waals surface area contributed by atoms with E-state index in [0.717, 1.165) is 10.6 Å². The van der Waals surface area contributed by atoms with Gasteiger partial charge in [0.1, 0.15) is 0 Å². The lowest BCUT2D eigenvalue weighted by atomic mass is 9.84. The van der Waals surface area contributed by atoms with E-state index in [1.54, 1.807) is 11.8 Å². The third kappa shape index (κ3) is 4.88. The average Bonchev–Trinajstić information content (AvgIpc) is 2.61. The summed E-state index contributed by atoms with van der Waals surface area (Å²) in [5.41, 5.74) is 3.53. The molecule has 0 aliphatic heterocycles. The summed E-state index contributed by atoms with van der Waals surface area (Å²) < 4.78 is 0. The van der Waals surface area contributed by atoms with Gasteiger partial charge in [-0.05, 0) is 55.5 Å². The fraction of sp³-hybridized carbons (Fsp3) is 0.381. The summed E-state index contributed by atoms with van der Waals surface area (Å²) in [5, 5.41) is 3.00. The van der Waals surface area contributed by atoms with Crippen LogP contribution in [0.5, 0.6) is 0 Å². The first kappa shape index (κ1) is 17.1. The van der Waals surface area contributed by atoms with Gasteiger partial charge in [0.25, 0.3) is 0 Å². The van der Waals surface area contributed by atoms with Crippen LogP contribution in [-0.2, 0) is 4.79 Å². The smallest absolute Gasteiger partial charge is 0.234 e. The fourth-order valence-electron chi connectivity index (χ4n) is 3.33. The van der Waals surface area contributed by atoms with Crippen molar-refractivity contribution in [2.24, 2.45) is 0 Å². The molecule has 0 bridgehead atoms. The molecule has 0 aromatic heterocycles. The standard InChI is InChI=1S/C21H25NOS/c1-16-6-5-9-20(14-16)24-15-21(23)22-19-12-10-18(11-13-19)17-7-3-2-4-8-17/h5-6,9-14,17H,2-4,7-8,15H2,1H3,(H,22,23). The highest BCUT2D eigenvalue weighted by molar-refractivity contribution is 8.00. The van der Waals surface area contributed by atoms with Crippen molar-refractivity contribution in [1.29, 1.82) is 0 Å². The number of hydrogen-bond acceptors (Lipinski definition) is 2. The second-order valence-corrected chi connectivity index (χ2v) is 7.66. The van der Waals surface area contributed by atoms with Gasteiger partial charge in [-0.3, -0.25) is 4.79 Å². The Morgan fingerprint density at radius 1 is 1.08 bits per heavy atom. The Morgan fingerprint density at radius 2 is 1.83 bits per heavy atom. The molecule has 3 heteroatoms. The molecule has 0 spiro atoms. The van der Waals surface area contributed by atoms with E-state index in [0.29, 0.717) is 11.7 Å². The zero-order valence-electron chi connectivity index (χ0n) is 14.3. The molecule has 2 aromatic carbocycles. The third-order valence-electron chi connectivity index (χ3n) is 4.63. The van der Waals surface area contributed by atoms with E-state index in [9.17, 15) is 4.79 Å². The van der Waals surface area contributed by atoms with Crippen molar-refractivity contribution in [3.05, 3.63) is 59.7 Å². The van der Waals surface area contributed by atoms with E-state index < -0.39 is 0 Å². The molecule has 1 aliphatic rings. The van der Waals surface area contributed by atoms with Crippen LogP contribution in [0, 0.1) is 6.92 Å². The number of hydrogen-bond donors (Lipinski definition) is 1. The number of amides is 1. The van der Waals surface area contributed by atoms with Crippen LogP contribution in [0.25, 0.3) is 0 Å². The topological polar surface area (TPSA) is 29.1 Å². The van der Waals surface area contributed by atoms with Crippen LogP contribution in [0.3, 0.4) is 0 Å². The van der Waals surface area contributed by atoms with Gasteiger partial charge < -0.3 is 5.32 Å². The SMILES string of the molecule is Cc1cccc(SCC(=O)Nc2ccc(C3CCCCC3)cc2)c1. The van der Waals surface area contributed by atoms with E-state index in [4.69, 9.17) is 0 Å². The van der Waals surface area contributed by atoms with Crippen LogP contribution in [0.15, 0.2) is 53.4 Å². The minimum Gasteiger partial charge on any atom is -0.325 e. The molecule has 1 saturated carbocycles. The summed E-state index contributed by atoms with van der Waals surface area (Å²) in [7, 11) is 0. The number of anilines is 1. The zero-order valence-corrected chi connectivity index (χ0v) is 15.1. The van der Waals surface area contributed by atoms with Gasteiger partial charge in [-0.25, -0.2) is 0 Å². The summed E-state index contributed by atoms with van der Waals surface area (Å²) in [6, 6.07) is 16.7. The summed E-state index contributed by atoms with van der Waals surface area (Å²) in [4.78, 5) is 13.3. The summed E-state index contributed by atoms with van der Waals surface area (Å²) in [6.07, 6.45) is 6.68. The fourth-order valence-corrected chi connectivity index (χ4v) is 4.14. The molecule has 0 atom stereocenters. The van der Waals surface area contributed by atoms with Crippen molar-refractivity contribution in [1.82, 2.24) is 0 Å². The van der Waals surface area contributed by atoms with E-state index in [1.807, 2.05) is 24.3 Å². The first-order chi connectivity index (χ1) is 11.7. The molecule has 2 aromatic rings. The van der Waals surface area contributed by atoms with Crippen LogP contribution in [0.4, 0.5) is 5.69 Å². The van der Waals surface area contributed by atoms with Crippen molar-refractivity contribution < 1.29 is 4.79 Å². The lowest BCUT2D eigenvalue weighted by Crippen LogP contribution is -2.14. The molecule has 1 N–H and O–H groups in total. The van der Waals surface area contributed by atoms with E-state index >= 15 is 0 Å². The van der Waals surface area contributed by atoms with E-state index in [1.165, 1.54) is 43.2 Å². The number of carbonyl (C=O) groups excluding carboxylic acids is 1. The van der Waals surface area contributed by atoms with Crippen molar-refractivity contribution in [2.45, 2.75) is 49.8 Å². The quantitative estimate of drug-likeness (QED) is 0.700. The predicted molar refractivity (Wildman–Crippen MR) is 103 cm³/mol. The summed E-state index contributed by atoms with van der Waals surface area (Å²) in [5.74, 6) is 1.20. The monoisotopic (exact) mass is 339 g/mol. The van der Waals surface area contributed by atoms with Crippen LogP contribution in [-0.4, -0.2) is 11.7 Å². The highest BCUT2D eigenvalue weighted by Gasteiger charge is 2.15. The molecular weight excluding hydrogens is 314 g/mol. The molecule has 1 fully saturated rings. The number of thioether (sulfide) groups is 1. The molecule has 0 unspecified atom stereocenters. The zero-order chi connectivity index (χ0) is 16.8. The second kappa shape index (κ2) is 8.39. The van der Waals surface area contributed by atoms with Crippen molar-refractivity contribution in [3.8, 4) is 0 Å². The van der Waals surface area contributed by atoms with Gasteiger partial charge in [-0.15, -0.1) is 11.8 Å². The molecule has 0 radical (unpaired) electrons. The maximum atomic E-state index is 12.1. The van der Waals surface area contributed by atoms with E-state index in [2.05, 4.69) is 36.5 Å². The molecule has 1 amide bonds. The normalized spacial score (nSPS) is 15.2. The Balaban J connectivity index is 1.50. The van der Waals surface area contributed by atoms with Crippen LogP contribution in [0.2, 0.25) is 0 Å². The molecule has 1 aliphatic carbocycles. The summed E-state index contributed by atoms with van der Waals surface area (Å²) >= 11 is 1.58. The Bertz CT molecular complexity index is 674. The van der Waals surface area contributed by atoms with Crippen molar-refractivity contribution >= 4 is 23.4 Å². The summed E-state index contributed by atoms with van der Waals surface area (Å²) in [6.45, 7) is 2.07. The van der Waals surface area contributed by atoms with Gasteiger partial charge in [-0.1, -0.05) is 49.1 Å². The average molecular weight is 340 g/mol. The lowest BCUT2D eigenvalue weighted by molar-refractivity contribution is -0.113. The molecule has 0 saturated heterocycles. The third-order valence-corrected chi connectivity index (χ3v) is 5.62. The van der Waals surface area contributed by atoms with Crippen molar-refractivity contribution in [3.63, 3.8) is 0 Å². The molecule has 3 rings (SSSR count). The maximum Gasteiger partial charge on any atom is 0.234 e. The van der Waals surface area contributed by atoms with Crippen LogP contribution >= 0.6 is 11.8 Å². The Kier molecular flexibility index (Phi) is 5.97. The predicted octanol–water partition coefficient (Wildman–Crippen LogP) is 5.77. The highest BCUT2D eigenvalue weighted by atomic mass is 32.2. The highest BCUT2D eigenvalue weighted by Crippen LogP contribution is 2.33. The molecule has 24 heavy (non-hydrogen) atoms. The molecule has 126 valence electrons. The minimum atomic E-state index is 0.0481. The maximum absolute atomic E-state index is 12.1. The van der Waals surface area contributed by atoms with Crippen LogP contribution < -0.4 is 5.32 Å². The molecule has 2 nitrogen and oxygen atoms in total. The second-order valence-electron chi connectivity index (χ2n) is 6.61. The lowest BCUT2D eigenvalue weighted by Gasteiger charge is -2.22. The first-order valence-electron chi connectivity index (χ1n) is 8.80. The van der Waals surface area contributed by atoms with Gasteiger partial charge in [0.05, 0.1) is 5.75 Å². The Hall–Kier alpha value is -1.74. The number of nitrogens with one attached hydrogen (secondary N) is 1. The van der Waals surface area contributed by atoms with Gasteiger partial charge >= 0.3 is 0 Å². The number of carbonyl (C=O) groups is 1. The van der Waals surface area contributed by atoms with E-state index in [-0.39, 0.29) is 5.91 Å². The number of aryl methyl sites for hydroxylation is 1. The Labute approximate surface area is 149 Å². The first-order valence-corrected chi connectivity index (χ1v) is 9.78. The van der Waals surface area contributed by atoms with Crippen LogP contribution in [0.1, 0.15) is 49.1 Å². The van der Waals surface area contributed by atoms with Gasteiger partial charge in [0, 0.05) is 10.6 Å². The number of benzene rings is 2. The van der Waals surface area contributed by atoms with Gasteiger partial charge in [0.2, 0.25) is 5.91 Å². The van der Waals surface area contributed by atoms with Crippen molar-refractivity contribution in [2.75, 3.05) is 11.1 Å². The number of rotatable bonds is 5. The van der Waals surface area contributed by atoms with Gasteiger partial charge in [0.15, 0.2) is 0 Å². The molecule has 0 heterocycles. The largest absolute Gasteiger partial charge is 0.325 e. The Morgan fingerprint density at radius 3 is 2.54 bits per heavy atom.